The minimum atomic E-state index is -4.05. The number of hydrogen-bond donors (Lipinski definition) is 1. The second-order valence-corrected chi connectivity index (χ2v) is 12.8. The van der Waals surface area contributed by atoms with Crippen LogP contribution >= 0.6 is 11.6 Å². The van der Waals surface area contributed by atoms with E-state index in [1.807, 2.05) is 30.3 Å². The molecule has 2 amide bonds. The van der Waals surface area contributed by atoms with Crippen LogP contribution in [0.1, 0.15) is 43.2 Å². The molecule has 4 rings (SSSR count). The number of carbonyl (C=O) groups is 2. The van der Waals surface area contributed by atoms with Crippen LogP contribution in [0.5, 0.6) is 0 Å². The van der Waals surface area contributed by atoms with E-state index in [9.17, 15) is 26.8 Å². The highest BCUT2D eigenvalue weighted by atomic mass is 35.5. The summed E-state index contributed by atoms with van der Waals surface area (Å²) in [6.07, 6.45) is 5.73. The molecule has 0 saturated heterocycles. The van der Waals surface area contributed by atoms with Crippen molar-refractivity contribution in [3.8, 4) is 0 Å². The highest BCUT2D eigenvalue weighted by Crippen LogP contribution is 2.26. The van der Waals surface area contributed by atoms with Crippen molar-refractivity contribution in [3.63, 3.8) is 0 Å². The molecule has 1 N–H and O–H groups in total. The summed E-state index contributed by atoms with van der Waals surface area (Å²) in [4.78, 5) is 29.2. The maximum Gasteiger partial charge on any atom is 0.244 e. The highest BCUT2D eigenvalue weighted by molar-refractivity contribution is 7.92. The van der Waals surface area contributed by atoms with Gasteiger partial charge in [0.25, 0.3) is 0 Å². The van der Waals surface area contributed by atoms with Crippen LogP contribution in [0.15, 0.2) is 72.8 Å². The predicted molar refractivity (Wildman–Crippen MR) is 159 cm³/mol. The third-order valence-electron chi connectivity index (χ3n) is 7.39. The molecule has 0 bridgehead atoms. The molecule has 1 aliphatic rings. The van der Waals surface area contributed by atoms with Crippen molar-refractivity contribution in [2.75, 3.05) is 17.1 Å². The van der Waals surface area contributed by atoms with E-state index >= 15 is 0 Å². The number of nitrogens with one attached hydrogen (secondary N) is 1. The largest absolute Gasteiger partial charge is 0.352 e. The van der Waals surface area contributed by atoms with Crippen LogP contribution in [0.4, 0.5) is 14.5 Å². The Hall–Kier alpha value is -3.50. The van der Waals surface area contributed by atoms with E-state index in [2.05, 4.69) is 5.32 Å². The number of halogens is 3. The molecule has 3 aromatic carbocycles. The fourth-order valence-electron chi connectivity index (χ4n) is 5.16. The first-order valence-electron chi connectivity index (χ1n) is 13.8. The minimum absolute atomic E-state index is 0.0191. The standard InChI is InChI=1S/C31H34ClF2N3O4S/c1-42(40,41)37(25-16-17-28(34)26(32)19-25)21-30(38)36(20-23-12-8-9-15-27(23)33)29(18-22-10-4-2-5-11-22)31(39)35-24-13-6-3-7-14-24/h2,4-5,8-12,15-17,19,24,29H,3,6-7,13-14,18,20-21H2,1H3,(H,35,39)/t29-/m1/s1. The van der Waals surface area contributed by atoms with Crippen LogP contribution in [-0.2, 0) is 32.6 Å². The van der Waals surface area contributed by atoms with Gasteiger partial charge in [-0.25, -0.2) is 17.2 Å². The first kappa shape index (κ1) is 31.4. The van der Waals surface area contributed by atoms with Crippen LogP contribution in [0.2, 0.25) is 5.02 Å². The van der Waals surface area contributed by atoms with Crippen molar-refractivity contribution in [1.82, 2.24) is 10.2 Å². The Labute approximate surface area is 250 Å². The van der Waals surface area contributed by atoms with Gasteiger partial charge in [-0.1, -0.05) is 79.4 Å². The number of benzene rings is 3. The number of anilines is 1. The first-order valence-corrected chi connectivity index (χ1v) is 16.1. The van der Waals surface area contributed by atoms with E-state index in [0.29, 0.717) is 0 Å². The molecule has 1 saturated carbocycles. The third-order valence-corrected chi connectivity index (χ3v) is 8.82. The van der Waals surface area contributed by atoms with Crippen LogP contribution in [-0.4, -0.2) is 50.0 Å². The molecule has 224 valence electrons. The Balaban J connectivity index is 1.74. The number of hydrogen-bond acceptors (Lipinski definition) is 4. The van der Waals surface area contributed by atoms with Gasteiger partial charge in [-0.2, -0.15) is 0 Å². The summed E-state index contributed by atoms with van der Waals surface area (Å²) in [6, 6.07) is 17.2. The molecule has 1 fully saturated rings. The van der Waals surface area contributed by atoms with Crippen molar-refractivity contribution in [2.45, 2.75) is 57.2 Å². The van der Waals surface area contributed by atoms with Crippen LogP contribution in [0.25, 0.3) is 0 Å². The molecule has 0 aromatic heterocycles. The maximum absolute atomic E-state index is 14.9. The predicted octanol–water partition coefficient (Wildman–Crippen LogP) is 5.47. The van der Waals surface area contributed by atoms with Crippen LogP contribution in [0.3, 0.4) is 0 Å². The summed E-state index contributed by atoms with van der Waals surface area (Å²) in [5.41, 5.74) is 0.928. The molecule has 7 nitrogen and oxygen atoms in total. The summed E-state index contributed by atoms with van der Waals surface area (Å²) in [5.74, 6) is -2.44. The molecule has 3 aromatic rings. The highest BCUT2D eigenvalue weighted by Gasteiger charge is 2.34. The Morgan fingerprint density at radius 1 is 0.952 bits per heavy atom. The molecule has 0 unspecified atom stereocenters. The zero-order valence-corrected chi connectivity index (χ0v) is 24.9. The molecule has 42 heavy (non-hydrogen) atoms. The van der Waals surface area contributed by atoms with Gasteiger partial charge in [0.1, 0.15) is 24.2 Å². The number of nitrogens with zero attached hydrogens (tertiary/aromatic N) is 2. The molecular formula is C31H34ClF2N3O4S. The lowest BCUT2D eigenvalue weighted by Crippen LogP contribution is -2.55. The topological polar surface area (TPSA) is 86.8 Å². The van der Waals surface area contributed by atoms with Crippen molar-refractivity contribution in [2.24, 2.45) is 0 Å². The average molecular weight is 618 g/mol. The van der Waals surface area contributed by atoms with Crippen molar-refractivity contribution >= 4 is 39.1 Å². The molecule has 0 radical (unpaired) electrons. The normalized spacial score (nSPS) is 14.7. The van der Waals surface area contributed by atoms with Gasteiger partial charge >= 0.3 is 0 Å². The van der Waals surface area contributed by atoms with Gasteiger partial charge in [-0.05, 0) is 42.7 Å². The molecule has 1 aliphatic carbocycles. The molecule has 1 atom stereocenters. The van der Waals surface area contributed by atoms with Gasteiger partial charge in [0.05, 0.1) is 17.0 Å². The summed E-state index contributed by atoms with van der Waals surface area (Å²) in [7, 11) is -4.05. The lowest BCUT2D eigenvalue weighted by Gasteiger charge is -2.35. The van der Waals surface area contributed by atoms with Gasteiger partial charge in [-0.3, -0.25) is 13.9 Å². The number of sulfonamides is 1. The Morgan fingerprint density at radius 3 is 2.26 bits per heavy atom. The first-order chi connectivity index (χ1) is 20.0. The lowest BCUT2D eigenvalue weighted by molar-refractivity contribution is -0.140. The quantitative estimate of drug-likeness (QED) is 0.309. The van der Waals surface area contributed by atoms with Gasteiger partial charge in [0.15, 0.2) is 0 Å². The van der Waals surface area contributed by atoms with Crippen molar-refractivity contribution in [3.05, 3.63) is 101 Å². The molecule has 0 spiro atoms. The summed E-state index contributed by atoms with van der Waals surface area (Å²) >= 11 is 5.92. The minimum Gasteiger partial charge on any atom is -0.352 e. The van der Waals surface area contributed by atoms with Gasteiger partial charge in [0, 0.05) is 24.6 Å². The number of amides is 2. The van der Waals surface area contributed by atoms with E-state index in [0.717, 1.165) is 60.4 Å². The van der Waals surface area contributed by atoms with Crippen molar-refractivity contribution < 1.29 is 26.8 Å². The zero-order valence-electron chi connectivity index (χ0n) is 23.3. The molecule has 11 heteroatoms. The SMILES string of the molecule is CS(=O)(=O)N(CC(=O)N(Cc1ccccc1F)[C@H](Cc1ccccc1)C(=O)NC1CCCCC1)c1ccc(F)c(Cl)c1. The Kier molecular flexibility index (Phi) is 10.6. The van der Waals surface area contributed by atoms with Crippen LogP contribution < -0.4 is 9.62 Å². The Bertz CT molecular complexity index is 1500. The molecule has 0 aliphatic heterocycles. The summed E-state index contributed by atoms with van der Waals surface area (Å²) in [6.45, 7) is -0.986. The number of rotatable bonds is 11. The third kappa shape index (κ3) is 8.29. The Morgan fingerprint density at radius 2 is 1.62 bits per heavy atom. The van der Waals surface area contributed by atoms with E-state index in [1.54, 1.807) is 6.07 Å². The zero-order chi connectivity index (χ0) is 30.3. The van der Waals surface area contributed by atoms with Crippen molar-refractivity contribution in [1.29, 1.82) is 0 Å². The lowest BCUT2D eigenvalue weighted by atomic mass is 9.94. The van der Waals surface area contributed by atoms with Gasteiger partial charge < -0.3 is 10.2 Å². The summed E-state index contributed by atoms with van der Waals surface area (Å²) in [5, 5.41) is 2.77. The van der Waals surface area contributed by atoms with E-state index in [4.69, 9.17) is 11.6 Å². The average Bonchev–Trinajstić information content (AvgIpc) is 2.96. The van der Waals surface area contributed by atoms with E-state index in [1.165, 1.54) is 29.2 Å². The summed E-state index contributed by atoms with van der Waals surface area (Å²) < 4.78 is 55.2. The molecule has 0 heterocycles. The maximum atomic E-state index is 14.9. The van der Waals surface area contributed by atoms with E-state index in [-0.39, 0.29) is 35.3 Å². The fraction of sp³-hybridized carbons (Fsp3) is 0.355. The second-order valence-electron chi connectivity index (χ2n) is 10.5. The monoisotopic (exact) mass is 617 g/mol. The van der Waals surface area contributed by atoms with Crippen LogP contribution in [0, 0.1) is 11.6 Å². The number of carbonyl (C=O) groups excluding carboxylic acids is 2. The van der Waals surface area contributed by atoms with Gasteiger partial charge in [0.2, 0.25) is 21.8 Å². The van der Waals surface area contributed by atoms with Gasteiger partial charge in [-0.15, -0.1) is 0 Å². The van der Waals surface area contributed by atoms with E-state index < -0.39 is 46.1 Å². The smallest absolute Gasteiger partial charge is 0.244 e. The fourth-order valence-corrected chi connectivity index (χ4v) is 6.18. The molecular weight excluding hydrogens is 584 g/mol. The second kappa shape index (κ2) is 14.1.